The van der Waals surface area contributed by atoms with E-state index in [9.17, 15) is 0 Å². The fourth-order valence-electron chi connectivity index (χ4n) is 1.77. The van der Waals surface area contributed by atoms with E-state index < -0.39 is 0 Å². The summed E-state index contributed by atoms with van der Waals surface area (Å²) in [6.45, 7) is 2.27. The van der Waals surface area contributed by atoms with E-state index in [0.29, 0.717) is 0 Å². The van der Waals surface area contributed by atoms with Crippen LogP contribution in [-0.2, 0) is 0 Å². The topological polar surface area (TPSA) is 15.6 Å². The first-order valence-corrected chi connectivity index (χ1v) is 6.97. The van der Waals surface area contributed by atoms with Crippen molar-refractivity contribution in [2.45, 2.75) is 71.1 Å². The van der Waals surface area contributed by atoms with Crippen LogP contribution < -0.4 is 0 Å². The first kappa shape index (κ1) is 15.5. The maximum Gasteiger partial charge on any atom is 0.0244 e. The van der Waals surface area contributed by atoms with Crippen LogP contribution in [-0.4, -0.2) is 25.3 Å². The van der Waals surface area contributed by atoms with Gasteiger partial charge >= 0.3 is 0 Å². The Kier molecular flexibility index (Phi) is 12.1. The van der Waals surface area contributed by atoms with E-state index in [1.165, 1.54) is 57.8 Å². The van der Waals surface area contributed by atoms with E-state index in [1.807, 2.05) is 25.3 Å². The SMILES string of the molecule is CCCCCCCCCCCC=NN(C)C. The minimum Gasteiger partial charge on any atom is -0.303 e. The third kappa shape index (κ3) is 13.5. The monoisotopic (exact) mass is 226 g/mol. The molecule has 0 aliphatic carbocycles. The highest BCUT2D eigenvalue weighted by Crippen LogP contribution is 2.09. The predicted molar refractivity (Wildman–Crippen MR) is 74.0 cm³/mol. The molecule has 0 amide bonds. The second-order valence-electron chi connectivity index (χ2n) is 4.76. The van der Waals surface area contributed by atoms with Gasteiger partial charge in [0.1, 0.15) is 0 Å². The van der Waals surface area contributed by atoms with Crippen molar-refractivity contribution in [1.29, 1.82) is 0 Å². The molecule has 0 bridgehead atoms. The summed E-state index contributed by atoms with van der Waals surface area (Å²) in [5.74, 6) is 0. The van der Waals surface area contributed by atoms with Gasteiger partial charge in [-0.05, 0) is 12.8 Å². The zero-order valence-electron chi connectivity index (χ0n) is 11.5. The molecule has 2 nitrogen and oxygen atoms in total. The van der Waals surface area contributed by atoms with Crippen molar-refractivity contribution >= 4 is 6.21 Å². The number of rotatable bonds is 11. The van der Waals surface area contributed by atoms with Gasteiger partial charge in [0, 0.05) is 20.3 Å². The van der Waals surface area contributed by atoms with Crippen LogP contribution in [0.25, 0.3) is 0 Å². The fourth-order valence-corrected chi connectivity index (χ4v) is 1.77. The quantitative estimate of drug-likeness (QED) is 0.288. The maximum atomic E-state index is 4.20. The first-order chi connectivity index (χ1) is 7.77. The fraction of sp³-hybridized carbons (Fsp3) is 0.929. The highest BCUT2D eigenvalue weighted by Gasteiger charge is 1.91. The standard InChI is InChI=1S/C14H30N2/c1-4-5-6-7-8-9-10-11-12-13-14-15-16(2)3/h14H,4-13H2,1-3H3. The summed E-state index contributed by atoms with van der Waals surface area (Å²) in [5.41, 5.74) is 0. The Bertz CT molecular complexity index is 153. The van der Waals surface area contributed by atoms with Crippen molar-refractivity contribution in [1.82, 2.24) is 5.01 Å². The van der Waals surface area contributed by atoms with Crippen molar-refractivity contribution < 1.29 is 0 Å². The number of hydrazone groups is 1. The molecule has 0 N–H and O–H groups in total. The summed E-state index contributed by atoms with van der Waals surface area (Å²) in [6, 6.07) is 0. The third-order valence-corrected chi connectivity index (χ3v) is 2.75. The molecule has 2 heteroatoms. The Hall–Kier alpha value is -0.530. The van der Waals surface area contributed by atoms with Crippen LogP contribution in [0.3, 0.4) is 0 Å². The van der Waals surface area contributed by atoms with Gasteiger partial charge in [-0.1, -0.05) is 58.3 Å². The lowest BCUT2D eigenvalue weighted by Crippen LogP contribution is -2.01. The molecule has 0 aromatic rings. The van der Waals surface area contributed by atoms with Crippen molar-refractivity contribution in [2.75, 3.05) is 14.1 Å². The minimum atomic E-state index is 1.13. The van der Waals surface area contributed by atoms with Gasteiger partial charge in [-0.2, -0.15) is 5.10 Å². The van der Waals surface area contributed by atoms with Crippen LogP contribution in [0.5, 0.6) is 0 Å². The van der Waals surface area contributed by atoms with Gasteiger partial charge in [-0.25, -0.2) is 0 Å². The zero-order valence-corrected chi connectivity index (χ0v) is 11.5. The Morgan fingerprint density at radius 1 is 0.812 bits per heavy atom. The van der Waals surface area contributed by atoms with Gasteiger partial charge in [0.15, 0.2) is 0 Å². The van der Waals surface area contributed by atoms with Gasteiger partial charge in [-0.15, -0.1) is 0 Å². The Labute approximate surface area is 102 Å². The number of hydrogen-bond acceptors (Lipinski definition) is 2. The molecule has 0 saturated heterocycles. The molecule has 0 aliphatic heterocycles. The summed E-state index contributed by atoms with van der Waals surface area (Å²) >= 11 is 0. The lowest BCUT2D eigenvalue weighted by Gasteiger charge is -2.02. The van der Waals surface area contributed by atoms with E-state index in [0.717, 1.165) is 6.42 Å². The number of hydrogen-bond donors (Lipinski definition) is 0. The van der Waals surface area contributed by atoms with Crippen molar-refractivity contribution in [3.63, 3.8) is 0 Å². The maximum absolute atomic E-state index is 4.20. The second kappa shape index (κ2) is 12.5. The van der Waals surface area contributed by atoms with Gasteiger partial charge in [0.2, 0.25) is 0 Å². The lowest BCUT2D eigenvalue weighted by atomic mass is 10.1. The minimum absolute atomic E-state index is 1.13. The lowest BCUT2D eigenvalue weighted by molar-refractivity contribution is 0.438. The predicted octanol–water partition coefficient (Wildman–Crippen LogP) is 4.45. The van der Waals surface area contributed by atoms with E-state index in [4.69, 9.17) is 0 Å². The van der Waals surface area contributed by atoms with Crippen LogP contribution in [0.4, 0.5) is 0 Å². The largest absolute Gasteiger partial charge is 0.303 e. The average Bonchev–Trinajstić information content (AvgIpc) is 2.25. The van der Waals surface area contributed by atoms with Crippen LogP contribution in [0.2, 0.25) is 0 Å². The van der Waals surface area contributed by atoms with E-state index in [-0.39, 0.29) is 0 Å². The van der Waals surface area contributed by atoms with Crippen LogP contribution in [0.15, 0.2) is 5.10 Å². The Balaban J connectivity index is 2.99. The highest BCUT2D eigenvalue weighted by molar-refractivity contribution is 5.56. The number of unbranched alkanes of at least 4 members (excludes halogenated alkanes) is 9. The van der Waals surface area contributed by atoms with E-state index in [2.05, 4.69) is 12.0 Å². The summed E-state index contributed by atoms with van der Waals surface area (Å²) in [5, 5.41) is 6.06. The molecule has 0 aliphatic rings. The van der Waals surface area contributed by atoms with Crippen molar-refractivity contribution in [3.8, 4) is 0 Å². The van der Waals surface area contributed by atoms with Crippen LogP contribution in [0.1, 0.15) is 71.1 Å². The third-order valence-electron chi connectivity index (χ3n) is 2.75. The van der Waals surface area contributed by atoms with Crippen molar-refractivity contribution in [2.24, 2.45) is 5.10 Å². The molecule has 0 spiro atoms. The molecule has 0 saturated carbocycles. The molecule has 0 rings (SSSR count). The van der Waals surface area contributed by atoms with E-state index >= 15 is 0 Å². The van der Waals surface area contributed by atoms with Gasteiger partial charge < -0.3 is 5.01 Å². The molecule has 96 valence electrons. The molecule has 16 heavy (non-hydrogen) atoms. The number of nitrogens with zero attached hydrogens (tertiary/aromatic N) is 2. The molecule has 0 aromatic heterocycles. The van der Waals surface area contributed by atoms with Crippen molar-refractivity contribution in [3.05, 3.63) is 0 Å². The normalized spacial score (nSPS) is 11.2. The summed E-state index contributed by atoms with van der Waals surface area (Å²) in [6.07, 6.45) is 15.7. The molecule has 0 heterocycles. The molecule has 0 atom stereocenters. The Morgan fingerprint density at radius 2 is 1.31 bits per heavy atom. The van der Waals surface area contributed by atoms with Gasteiger partial charge in [0.05, 0.1) is 0 Å². The summed E-state index contributed by atoms with van der Waals surface area (Å²) in [4.78, 5) is 0. The van der Waals surface area contributed by atoms with Crippen LogP contribution >= 0.6 is 0 Å². The smallest absolute Gasteiger partial charge is 0.0244 e. The summed E-state index contributed by atoms with van der Waals surface area (Å²) in [7, 11) is 3.93. The average molecular weight is 226 g/mol. The molecule has 0 aromatic carbocycles. The highest BCUT2D eigenvalue weighted by atomic mass is 15.4. The molecular formula is C14H30N2. The zero-order chi connectivity index (χ0) is 12.1. The summed E-state index contributed by atoms with van der Waals surface area (Å²) < 4.78 is 0. The molecule has 0 unspecified atom stereocenters. The van der Waals surface area contributed by atoms with Crippen LogP contribution in [0, 0.1) is 0 Å². The second-order valence-corrected chi connectivity index (χ2v) is 4.76. The van der Waals surface area contributed by atoms with Gasteiger partial charge in [0.25, 0.3) is 0 Å². The first-order valence-electron chi connectivity index (χ1n) is 6.97. The van der Waals surface area contributed by atoms with E-state index in [1.54, 1.807) is 0 Å². The molecular weight excluding hydrogens is 196 g/mol. The van der Waals surface area contributed by atoms with Gasteiger partial charge in [-0.3, -0.25) is 0 Å². The Morgan fingerprint density at radius 3 is 1.81 bits per heavy atom. The molecule has 0 radical (unpaired) electrons. The molecule has 0 fully saturated rings.